The summed E-state index contributed by atoms with van der Waals surface area (Å²) in [5, 5.41) is 15.0. The van der Waals surface area contributed by atoms with Gasteiger partial charge in [0.05, 0.1) is 5.69 Å². The number of aromatic nitrogens is 2. The maximum Gasteiger partial charge on any atom is 0.143 e. The first-order chi connectivity index (χ1) is 10.2. The van der Waals surface area contributed by atoms with Crippen molar-refractivity contribution in [2.75, 3.05) is 17.7 Å². The molecule has 2 N–H and O–H groups in total. The number of nitriles is 1. The molecule has 6 heteroatoms. The fraction of sp³-hybridized carbons (Fsp3) is 0.267. The summed E-state index contributed by atoms with van der Waals surface area (Å²) in [6.07, 6.45) is 1.68. The predicted octanol–water partition coefficient (Wildman–Crippen LogP) is 3.23. The van der Waals surface area contributed by atoms with Gasteiger partial charge in [-0.1, -0.05) is 13.0 Å². The number of hydrogen-bond donors (Lipinski definition) is 2. The van der Waals surface area contributed by atoms with Crippen LogP contribution in [-0.4, -0.2) is 17.0 Å². The van der Waals surface area contributed by atoms with Crippen molar-refractivity contribution in [3.05, 3.63) is 41.5 Å². The van der Waals surface area contributed by atoms with Crippen LogP contribution >= 0.6 is 0 Å². The number of nitrogens with one attached hydrogen (secondary N) is 2. The molecule has 108 valence electrons. The Morgan fingerprint density at radius 2 is 2.05 bits per heavy atom. The summed E-state index contributed by atoms with van der Waals surface area (Å²) in [6.45, 7) is 2.04. The fourth-order valence-electron chi connectivity index (χ4n) is 1.90. The van der Waals surface area contributed by atoms with Crippen molar-refractivity contribution in [2.24, 2.45) is 0 Å². The van der Waals surface area contributed by atoms with Gasteiger partial charge in [0.15, 0.2) is 0 Å². The Bertz CT molecular complexity index is 678. The number of anilines is 3. The van der Waals surface area contributed by atoms with Crippen LogP contribution in [-0.2, 0) is 6.42 Å². The molecule has 0 radical (unpaired) electrons. The lowest BCUT2D eigenvalue weighted by Gasteiger charge is -2.11. The summed E-state index contributed by atoms with van der Waals surface area (Å²) in [4.78, 5) is 8.72. The molecule has 1 aromatic heterocycles. The Kier molecular flexibility index (Phi) is 4.67. The zero-order valence-electron chi connectivity index (χ0n) is 11.9. The molecule has 0 aliphatic rings. The molecule has 0 saturated carbocycles. The summed E-state index contributed by atoms with van der Waals surface area (Å²) < 4.78 is 13.6. The van der Waals surface area contributed by atoms with Crippen molar-refractivity contribution in [3.8, 4) is 6.07 Å². The van der Waals surface area contributed by atoms with Crippen molar-refractivity contribution in [3.63, 3.8) is 0 Å². The third-order valence-electron chi connectivity index (χ3n) is 2.89. The molecule has 0 aliphatic heterocycles. The molecule has 0 atom stereocenters. The Labute approximate surface area is 122 Å². The second-order valence-electron chi connectivity index (χ2n) is 4.45. The minimum absolute atomic E-state index is 0.0286. The monoisotopic (exact) mass is 285 g/mol. The molecule has 0 amide bonds. The Morgan fingerprint density at radius 3 is 2.71 bits per heavy atom. The molecule has 2 aromatic rings. The highest BCUT2D eigenvalue weighted by molar-refractivity contribution is 5.66. The Morgan fingerprint density at radius 1 is 1.29 bits per heavy atom. The van der Waals surface area contributed by atoms with Gasteiger partial charge >= 0.3 is 0 Å². The van der Waals surface area contributed by atoms with E-state index in [0.29, 0.717) is 23.1 Å². The lowest BCUT2D eigenvalue weighted by Crippen LogP contribution is -2.05. The van der Waals surface area contributed by atoms with Crippen LogP contribution in [0.5, 0.6) is 0 Å². The number of aryl methyl sites for hydroxylation is 1. The number of rotatable bonds is 5. The van der Waals surface area contributed by atoms with Crippen molar-refractivity contribution in [2.45, 2.75) is 19.8 Å². The predicted molar refractivity (Wildman–Crippen MR) is 80.0 cm³/mol. The van der Waals surface area contributed by atoms with Gasteiger partial charge in [-0.25, -0.2) is 14.4 Å². The van der Waals surface area contributed by atoms with Crippen molar-refractivity contribution < 1.29 is 4.39 Å². The summed E-state index contributed by atoms with van der Waals surface area (Å²) in [5.74, 6) is 1.34. The molecule has 2 rings (SSSR count). The number of hydrogen-bond acceptors (Lipinski definition) is 5. The quantitative estimate of drug-likeness (QED) is 0.882. The molecular formula is C15H16FN5. The highest BCUT2D eigenvalue weighted by Gasteiger charge is 2.10. The molecule has 0 bridgehead atoms. The lowest BCUT2D eigenvalue weighted by atomic mass is 10.2. The molecule has 1 aromatic carbocycles. The van der Waals surface area contributed by atoms with E-state index in [0.717, 1.165) is 12.8 Å². The van der Waals surface area contributed by atoms with Crippen molar-refractivity contribution in [1.29, 1.82) is 5.26 Å². The summed E-state index contributed by atoms with van der Waals surface area (Å²) >= 11 is 0. The van der Waals surface area contributed by atoms with Crippen LogP contribution in [0.4, 0.5) is 21.7 Å². The molecular weight excluding hydrogens is 269 g/mol. The molecule has 5 nitrogen and oxygen atoms in total. The molecule has 0 aliphatic carbocycles. The highest BCUT2D eigenvalue weighted by atomic mass is 19.1. The smallest absolute Gasteiger partial charge is 0.143 e. The second-order valence-corrected chi connectivity index (χ2v) is 4.45. The average molecular weight is 285 g/mol. The minimum atomic E-state index is -0.556. The molecule has 21 heavy (non-hydrogen) atoms. The zero-order valence-corrected chi connectivity index (χ0v) is 11.9. The fourth-order valence-corrected chi connectivity index (χ4v) is 1.90. The largest absolute Gasteiger partial charge is 0.373 e. The van der Waals surface area contributed by atoms with Gasteiger partial charge in [-0.15, -0.1) is 0 Å². The molecule has 0 fully saturated rings. The van der Waals surface area contributed by atoms with Gasteiger partial charge in [-0.3, -0.25) is 0 Å². The van der Waals surface area contributed by atoms with E-state index in [4.69, 9.17) is 5.26 Å². The maximum absolute atomic E-state index is 13.6. The standard InChI is InChI=1S/C15H16FN5/c1-3-5-13-20-14(18-2)8-15(21-13)19-12-7-4-6-11(16)10(12)9-17/h4,6-8H,3,5H2,1-2H3,(H2,18,19,20,21). The summed E-state index contributed by atoms with van der Waals surface area (Å²) in [6, 6.07) is 8.01. The van der Waals surface area contributed by atoms with Gasteiger partial charge in [0, 0.05) is 19.5 Å². The number of benzene rings is 1. The van der Waals surface area contributed by atoms with E-state index < -0.39 is 5.82 Å². The minimum Gasteiger partial charge on any atom is -0.373 e. The van der Waals surface area contributed by atoms with Gasteiger partial charge in [0.2, 0.25) is 0 Å². The summed E-state index contributed by atoms with van der Waals surface area (Å²) in [7, 11) is 1.77. The van der Waals surface area contributed by atoms with Gasteiger partial charge in [0.1, 0.15) is 34.9 Å². The third-order valence-corrected chi connectivity index (χ3v) is 2.89. The van der Waals surface area contributed by atoms with Crippen LogP contribution in [0.25, 0.3) is 0 Å². The van der Waals surface area contributed by atoms with E-state index in [2.05, 4.69) is 20.6 Å². The maximum atomic E-state index is 13.6. The van der Waals surface area contributed by atoms with Crippen LogP contribution in [0, 0.1) is 17.1 Å². The van der Waals surface area contributed by atoms with Crippen LogP contribution in [0.1, 0.15) is 24.7 Å². The van der Waals surface area contributed by atoms with Gasteiger partial charge in [-0.05, 0) is 18.6 Å². The topological polar surface area (TPSA) is 73.6 Å². The van der Waals surface area contributed by atoms with Crippen molar-refractivity contribution in [1.82, 2.24) is 9.97 Å². The van der Waals surface area contributed by atoms with E-state index in [9.17, 15) is 4.39 Å². The van der Waals surface area contributed by atoms with E-state index in [1.165, 1.54) is 6.07 Å². The Hall–Kier alpha value is -2.68. The summed E-state index contributed by atoms with van der Waals surface area (Å²) in [5.41, 5.74) is 0.361. The lowest BCUT2D eigenvalue weighted by molar-refractivity contribution is 0.624. The molecule has 0 unspecified atom stereocenters. The van der Waals surface area contributed by atoms with E-state index in [1.54, 1.807) is 25.2 Å². The number of halogens is 1. The van der Waals surface area contributed by atoms with Crippen LogP contribution in [0.15, 0.2) is 24.3 Å². The first-order valence-corrected chi connectivity index (χ1v) is 6.69. The van der Waals surface area contributed by atoms with Crippen LogP contribution in [0.3, 0.4) is 0 Å². The molecule has 0 saturated heterocycles. The van der Waals surface area contributed by atoms with E-state index in [-0.39, 0.29) is 5.56 Å². The zero-order chi connectivity index (χ0) is 15.2. The highest BCUT2D eigenvalue weighted by Crippen LogP contribution is 2.23. The van der Waals surface area contributed by atoms with Gasteiger partial charge < -0.3 is 10.6 Å². The number of nitrogens with zero attached hydrogens (tertiary/aromatic N) is 3. The van der Waals surface area contributed by atoms with Crippen LogP contribution in [0.2, 0.25) is 0 Å². The first-order valence-electron chi connectivity index (χ1n) is 6.69. The normalized spacial score (nSPS) is 10.0. The third kappa shape index (κ3) is 3.45. The average Bonchev–Trinajstić information content (AvgIpc) is 2.47. The van der Waals surface area contributed by atoms with E-state index in [1.807, 2.05) is 13.0 Å². The van der Waals surface area contributed by atoms with Gasteiger partial charge in [0.25, 0.3) is 0 Å². The van der Waals surface area contributed by atoms with Gasteiger partial charge in [-0.2, -0.15) is 5.26 Å². The van der Waals surface area contributed by atoms with Crippen LogP contribution < -0.4 is 10.6 Å². The van der Waals surface area contributed by atoms with E-state index >= 15 is 0 Å². The van der Waals surface area contributed by atoms with Crippen molar-refractivity contribution >= 4 is 17.3 Å². The first kappa shape index (κ1) is 14.7. The molecule has 0 spiro atoms. The second kappa shape index (κ2) is 6.66. The molecule has 1 heterocycles. The Balaban J connectivity index is 2.37. The SMILES string of the molecule is CCCc1nc(NC)cc(Nc2cccc(F)c2C#N)n1.